The molecule has 0 spiro atoms. The maximum atomic E-state index is 13.5. The van der Waals surface area contributed by atoms with Crippen LogP contribution >= 0.6 is 0 Å². The van der Waals surface area contributed by atoms with Crippen LogP contribution in [0.5, 0.6) is 0 Å². The van der Waals surface area contributed by atoms with Gasteiger partial charge >= 0.3 is 0 Å². The summed E-state index contributed by atoms with van der Waals surface area (Å²) in [5.74, 6) is 0.811. The lowest BCUT2D eigenvalue weighted by Crippen LogP contribution is -2.45. The number of nitrogens with one attached hydrogen (secondary N) is 1. The lowest BCUT2D eigenvalue weighted by Gasteiger charge is -2.36. The second-order valence-electron chi connectivity index (χ2n) is 7.45. The quantitative estimate of drug-likeness (QED) is 0.655. The average molecular weight is 419 g/mol. The Bertz CT molecular complexity index is 1160. The van der Waals surface area contributed by atoms with Crippen LogP contribution in [0.2, 0.25) is 0 Å². The van der Waals surface area contributed by atoms with Crippen molar-refractivity contribution in [1.29, 1.82) is 5.26 Å². The lowest BCUT2D eigenvalue weighted by atomic mass is 10.0. The van der Waals surface area contributed by atoms with Gasteiger partial charge in [0.05, 0.1) is 18.3 Å². The molecule has 4 rings (SSSR count). The van der Waals surface area contributed by atoms with E-state index < -0.39 is 0 Å². The summed E-state index contributed by atoms with van der Waals surface area (Å²) in [6.45, 7) is 1.58. The summed E-state index contributed by atoms with van der Waals surface area (Å²) >= 11 is 0. The van der Waals surface area contributed by atoms with Gasteiger partial charge in [0, 0.05) is 25.2 Å². The van der Waals surface area contributed by atoms with Gasteiger partial charge in [-0.3, -0.25) is 4.79 Å². The van der Waals surface area contributed by atoms with E-state index >= 15 is 0 Å². The van der Waals surface area contributed by atoms with Crippen LogP contribution in [-0.2, 0) is 6.54 Å². The van der Waals surface area contributed by atoms with Crippen LogP contribution in [0.3, 0.4) is 0 Å². The summed E-state index contributed by atoms with van der Waals surface area (Å²) in [5, 5.41) is 24.9. The van der Waals surface area contributed by atoms with E-state index in [1.165, 1.54) is 29.1 Å². The predicted octanol–water partition coefficient (Wildman–Crippen LogP) is 2.56. The second kappa shape index (κ2) is 9.34. The molecule has 0 radical (unpaired) electrons. The number of aromatic nitrogens is 4. The number of benzene rings is 1. The number of rotatable bonds is 6. The molecule has 1 unspecified atom stereocenters. The number of nitrogens with zero attached hydrogens (tertiary/aromatic N) is 6. The summed E-state index contributed by atoms with van der Waals surface area (Å²) in [5.41, 5.74) is 0.882. The van der Waals surface area contributed by atoms with Crippen molar-refractivity contribution in [1.82, 2.24) is 20.0 Å². The monoisotopic (exact) mass is 419 g/mol. The van der Waals surface area contributed by atoms with Crippen molar-refractivity contribution < 1.29 is 4.39 Å². The van der Waals surface area contributed by atoms with E-state index in [9.17, 15) is 14.4 Å². The van der Waals surface area contributed by atoms with E-state index in [-0.39, 0.29) is 24.0 Å². The molecule has 1 N–H and O–H groups in total. The van der Waals surface area contributed by atoms with Crippen LogP contribution in [0.4, 0.5) is 16.0 Å². The fraction of sp³-hybridized carbons (Fsp3) is 0.318. The third-order valence-electron chi connectivity index (χ3n) is 5.34. The van der Waals surface area contributed by atoms with E-state index in [1.54, 1.807) is 24.3 Å². The Morgan fingerprint density at radius 3 is 2.97 bits per heavy atom. The molecule has 31 heavy (non-hydrogen) atoms. The largest absolute Gasteiger partial charge is 0.365 e. The fourth-order valence-corrected chi connectivity index (χ4v) is 3.79. The summed E-state index contributed by atoms with van der Waals surface area (Å²) in [6, 6.07) is 13.2. The van der Waals surface area contributed by atoms with Gasteiger partial charge in [-0.15, -0.1) is 5.10 Å². The molecule has 1 saturated heterocycles. The van der Waals surface area contributed by atoms with Crippen molar-refractivity contribution in [3.63, 3.8) is 0 Å². The van der Waals surface area contributed by atoms with Crippen LogP contribution in [0, 0.1) is 17.1 Å². The highest BCUT2D eigenvalue weighted by Gasteiger charge is 2.24. The van der Waals surface area contributed by atoms with Crippen molar-refractivity contribution in [2.24, 2.45) is 0 Å². The highest BCUT2D eigenvalue weighted by molar-refractivity contribution is 5.50. The first-order valence-corrected chi connectivity index (χ1v) is 10.2. The third-order valence-corrected chi connectivity index (χ3v) is 5.34. The zero-order valence-electron chi connectivity index (χ0n) is 16.9. The number of anilines is 2. The van der Waals surface area contributed by atoms with E-state index in [1.807, 2.05) is 0 Å². The molecule has 2 aromatic heterocycles. The number of hydrogen-bond donors (Lipinski definition) is 1. The van der Waals surface area contributed by atoms with Gasteiger partial charge < -0.3 is 10.2 Å². The first-order chi connectivity index (χ1) is 15.1. The number of piperidine rings is 1. The minimum atomic E-state index is -0.343. The van der Waals surface area contributed by atoms with Crippen LogP contribution in [0.1, 0.15) is 30.4 Å². The standard InChI is InChI=1S/C22H22FN7O/c23-18-5-3-4-16(12-18)15-30-21(31)8-7-20(28-30)29-11-2-1-6-19(29)14-25-22-17(13-24)9-10-26-27-22/h3-5,7-10,12,19H,1-2,6,11,14-15H2,(H,25,27). The van der Waals surface area contributed by atoms with Gasteiger partial charge in [-0.1, -0.05) is 12.1 Å². The minimum absolute atomic E-state index is 0.120. The summed E-state index contributed by atoms with van der Waals surface area (Å²) in [7, 11) is 0. The molecule has 1 aliphatic rings. The molecular formula is C22H22FN7O. The first-order valence-electron chi connectivity index (χ1n) is 10.2. The Kier molecular flexibility index (Phi) is 6.17. The van der Waals surface area contributed by atoms with Crippen molar-refractivity contribution in [2.75, 3.05) is 23.3 Å². The number of hydrogen-bond acceptors (Lipinski definition) is 7. The van der Waals surface area contributed by atoms with Crippen LogP contribution < -0.4 is 15.8 Å². The average Bonchev–Trinajstić information content (AvgIpc) is 2.79. The molecule has 1 aliphatic heterocycles. The Morgan fingerprint density at radius 2 is 2.13 bits per heavy atom. The molecule has 158 valence electrons. The van der Waals surface area contributed by atoms with Crippen LogP contribution in [-0.4, -0.2) is 39.1 Å². The maximum absolute atomic E-state index is 13.5. The summed E-state index contributed by atoms with van der Waals surface area (Å²) in [6.07, 6.45) is 4.54. The molecule has 0 saturated carbocycles. The smallest absolute Gasteiger partial charge is 0.267 e. The highest BCUT2D eigenvalue weighted by Crippen LogP contribution is 2.23. The maximum Gasteiger partial charge on any atom is 0.267 e. The van der Waals surface area contributed by atoms with Crippen molar-refractivity contribution >= 4 is 11.6 Å². The van der Waals surface area contributed by atoms with Crippen LogP contribution in [0.15, 0.2) is 53.5 Å². The summed E-state index contributed by atoms with van der Waals surface area (Å²) in [4.78, 5) is 14.5. The Labute approximate surface area is 179 Å². The van der Waals surface area contributed by atoms with Gasteiger partial charge in [-0.05, 0) is 49.1 Å². The van der Waals surface area contributed by atoms with Gasteiger partial charge in [0.15, 0.2) is 5.82 Å². The zero-order valence-corrected chi connectivity index (χ0v) is 16.9. The van der Waals surface area contributed by atoms with Gasteiger partial charge in [-0.2, -0.15) is 15.5 Å². The molecule has 1 aromatic carbocycles. The molecule has 0 aliphatic carbocycles. The van der Waals surface area contributed by atoms with Crippen LogP contribution in [0.25, 0.3) is 0 Å². The minimum Gasteiger partial charge on any atom is -0.365 e. The molecule has 3 heterocycles. The van der Waals surface area contributed by atoms with Gasteiger partial charge in [0.2, 0.25) is 0 Å². The van der Waals surface area contributed by atoms with Crippen molar-refractivity contribution in [2.45, 2.75) is 31.8 Å². The molecule has 8 nitrogen and oxygen atoms in total. The molecule has 0 amide bonds. The predicted molar refractivity (Wildman–Crippen MR) is 114 cm³/mol. The van der Waals surface area contributed by atoms with Gasteiger partial charge in [0.25, 0.3) is 5.56 Å². The number of halogens is 1. The van der Waals surface area contributed by atoms with E-state index in [4.69, 9.17) is 0 Å². The van der Waals surface area contributed by atoms with Crippen molar-refractivity contribution in [3.8, 4) is 6.07 Å². The van der Waals surface area contributed by atoms with Gasteiger partial charge in [0.1, 0.15) is 17.7 Å². The van der Waals surface area contributed by atoms with Crippen molar-refractivity contribution in [3.05, 3.63) is 76.0 Å². The normalized spacial score (nSPS) is 16.0. The van der Waals surface area contributed by atoms with E-state index in [2.05, 4.69) is 31.6 Å². The third kappa shape index (κ3) is 4.86. The zero-order chi connectivity index (χ0) is 21.6. The molecule has 0 bridgehead atoms. The lowest BCUT2D eigenvalue weighted by molar-refractivity contribution is 0.462. The molecule has 1 atom stereocenters. The second-order valence-corrected chi connectivity index (χ2v) is 7.45. The fourth-order valence-electron chi connectivity index (χ4n) is 3.79. The Hall–Kier alpha value is -3.80. The molecular weight excluding hydrogens is 397 g/mol. The summed E-state index contributed by atoms with van der Waals surface area (Å²) < 4.78 is 14.9. The number of nitriles is 1. The van der Waals surface area contributed by atoms with E-state index in [0.29, 0.717) is 29.3 Å². The Balaban J connectivity index is 1.54. The first kappa shape index (κ1) is 20.5. The molecule has 3 aromatic rings. The SMILES string of the molecule is N#Cc1ccnnc1NCC1CCCCN1c1ccc(=O)n(Cc2cccc(F)c2)n1. The molecule has 9 heteroatoms. The topological polar surface area (TPSA) is 99.7 Å². The van der Waals surface area contributed by atoms with Gasteiger partial charge in [-0.25, -0.2) is 9.07 Å². The van der Waals surface area contributed by atoms with E-state index in [0.717, 1.165) is 25.8 Å². The molecule has 1 fully saturated rings. The highest BCUT2D eigenvalue weighted by atomic mass is 19.1. The Morgan fingerprint density at radius 1 is 1.23 bits per heavy atom.